The lowest BCUT2D eigenvalue weighted by Crippen LogP contribution is -2.04. The summed E-state index contributed by atoms with van der Waals surface area (Å²) in [7, 11) is 0. The number of rotatable bonds is 4. The molecular formula is C16H18ClNO. The van der Waals surface area contributed by atoms with Crippen LogP contribution in [0, 0.1) is 13.8 Å². The second-order valence-electron chi connectivity index (χ2n) is 4.62. The first-order valence-corrected chi connectivity index (χ1v) is 6.66. The Balaban J connectivity index is 2.21. The van der Waals surface area contributed by atoms with E-state index in [-0.39, 0.29) is 0 Å². The average molecular weight is 276 g/mol. The summed E-state index contributed by atoms with van der Waals surface area (Å²) in [5, 5.41) is 0.661. The zero-order chi connectivity index (χ0) is 13.8. The van der Waals surface area contributed by atoms with E-state index in [9.17, 15) is 0 Å². The highest BCUT2D eigenvalue weighted by molar-refractivity contribution is 6.30. The van der Waals surface area contributed by atoms with Crippen LogP contribution in [0.1, 0.15) is 22.3 Å². The Morgan fingerprint density at radius 2 is 1.79 bits per heavy atom. The molecule has 0 aromatic heterocycles. The molecule has 2 aromatic rings. The molecule has 0 spiro atoms. The first-order chi connectivity index (χ1) is 9.11. The molecule has 19 heavy (non-hydrogen) atoms. The second-order valence-corrected chi connectivity index (χ2v) is 5.05. The third-order valence-corrected chi connectivity index (χ3v) is 3.50. The van der Waals surface area contributed by atoms with Crippen LogP contribution in [0.15, 0.2) is 36.4 Å². The first kappa shape index (κ1) is 13.9. The minimum atomic E-state index is 0.444. The van der Waals surface area contributed by atoms with Gasteiger partial charge in [0.05, 0.1) is 0 Å². The maximum atomic E-state index is 6.00. The number of halogens is 1. The van der Waals surface area contributed by atoms with Crippen LogP contribution in [-0.4, -0.2) is 0 Å². The van der Waals surface area contributed by atoms with Gasteiger partial charge in [0.1, 0.15) is 12.4 Å². The number of hydrogen-bond acceptors (Lipinski definition) is 2. The number of ether oxygens (including phenoxy) is 1. The van der Waals surface area contributed by atoms with Crippen LogP contribution < -0.4 is 10.5 Å². The zero-order valence-corrected chi connectivity index (χ0v) is 12.0. The molecule has 0 atom stereocenters. The Hall–Kier alpha value is -1.51. The zero-order valence-electron chi connectivity index (χ0n) is 11.2. The van der Waals surface area contributed by atoms with Crippen molar-refractivity contribution in [3.8, 4) is 5.75 Å². The standard InChI is InChI=1S/C16H18ClNO/c1-11-4-3-5-12(2)15(11)10-19-16-8-14(17)7-6-13(16)9-18/h3-8H,9-10,18H2,1-2H3. The Bertz CT molecular complexity index is 561. The molecule has 0 amide bonds. The summed E-state index contributed by atoms with van der Waals surface area (Å²) < 4.78 is 5.89. The molecule has 0 aliphatic heterocycles. The summed E-state index contributed by atoms with van der Waals surface area (Å²) in [6.07, 6.45) is 0. The maximum absolute atomic E-state index is 6.00. The van der Waals surface area contributed by atoms with Crippen molar-refractivity contribution in [2.24, 2.45) is 5.73 Å². The quantitative estimate of drug-likeness (QED) is 0.915. The fraction of sp³-hybridized carbons (Fsp3) is 0.250. The minimum absolute atomic E-state index is 0.444. The van der Waals surface area contributed by atoms with E-state index >= 15 is 0 Å². The van der Waals surface area contributed by atoms with Gasteiger partial charge in [-0.25, -0.2) is 0 Å². The van der Waals surface area contributed by atoms with Crippen molar-refractivity contribution in [1.82, 2.24) is 0 Å². The Kier molecular flexibility index (Phi) is 4.46. The van der Waals surface area contributed by atoms with E-state index in [1.54, 1.807) is 0 Å². The van der Waals surface area contributed by atoms with E-state index in [2.05, 4.69) is 32.0 Å². The Morgan fingerprint density at radius 3 is 2.42 bits per heavy atom. The number of benzene rings is 2. The van der Waals surface area contributed by atoms with Crippen LogP contribution in [0.2, 0.25) is 5.02 Å². The molecule has 0 heterocycles. The summed E-state index contributed by atoms with van der Waals surface area (Å²) in [6, 6.07) is 11.8. The van der Waals surface area contributed by atoms with Crippen molar-refractivity contribution < 1.29 is 4.74 Å². The molecule has 2 rings (SSSR count). The van der Waals surface area contributed by atoms with Gasteiger partial charge in [-0.2, -0.15) is 0 Å². The van der Waals surface area contributed by atoms with Gasteiger partial charge in [-0.1, -0.05) is 35.9 Å². The highest BCUT2D eigenvalue weighted by Gasteiger charge is 2.07. The van der Waals surface area contributed by atoms with Gasteiger partial charge >= 0.3 is 0 Å². The van der Waals surface area contributed by atoms with Gasteiger partial charge < -0.3 is 10.5 Å². The monoisotopic (exact) mass is 275 g/mol. The van der Waals surface area contributed by atoms with Crippen LogP contribution >= 0.6 is 11.6 Å². The SMILES string of the molecule is Cc1cccc(C)c1COc1cc(Cl)ccc1CN. The Morgan fingerprint density at radius 1 is 1.11 bits per heavy atom. The average Bonchev–Trinajstić information content (AvgIpc) is 2.38. The molecule has 0 saturated heterocycles. The largest absolute Gasteiger partial charge is 0.488 e. The fourth-order valence-electron chi connectivity index (χ4n) is 2.06. The molecule has 0 bridgehead atoms. The molecule has 0 radical (unpaired) electrons. The van der Waals surface area contributed by atoms with Crippen molar-refractivity contribution >= 4 is 11.6 Å². The highest BCUT2D eigenvalue weighted by atomic mass is 35.5. The number of hydrogen-bond donors (Lipinski definition) is 1. The van der Waals surface area contributed by atoms with Gasteiger partial charge in [-0.15, -0.1) is 0 Å². The van der Waals surface area contributed by atoms with E-state index in [1.165, 1.54) is 16.7 Å². The predicted molar refractivity (Wildman–Crippen MR) is 79.6 cm³/mol. The van der Waals surface area contributed by atoms with Gasteiger partial charge in [0.25, 0.3) is 0 Å². The van der Waals surface area contributed by atoms with E-state index in [0.29, 0.717) is 18.2 Å². The highest BCUT2D eigenvalue weighted by Crippen LogP contribution is 2.25. The number of aryl methyl sites for hydroxylation is 2. The predicted octanol–water partition coefficient (Wildman–Crippen LogP) is 3.99. The van der Waals surface area contributed by atoms with Gasteiger partial charge in [0.15, 0.2) is 0 Å². The van der Waals surface area contributed by atoms with Crippen LogP contribution in [-0.2, 0) is 13.2 Å². The smallest absolute Gasteiger partial charge is 0.125 e. The fourth-order valence-corrected chi connectivity index (χ4v) is 2.22. The molecule has 2 N–H and O–H groups in total. The minimum Gasteiger partial charge on any atom is -0.488 e. The lowest BCUT2D eigenvalue weighted by Gasteiger charge is -2.14. The van der Waals surface area contributed by atoms with Crippen molar-refractivity contribution in [2.45, 2.75) is 27.0 Å². The van der Waals surface area contributed by atoms with Crippen LogP contribution in [0.3, 0.4) is 0 Å². The van der Waals surface area contributed by atoms with E-state index in [4.69, 9.17) is 22.1 Å². The van der Waals surface area contributed by atoms with Crippen LogP contribution in [0.25, 0.3) is 0 Å². The Labute approximate surface area is 119 Å². The van der Waals surface area contributed by atoms with Crippen molar-refractivity contribution in [1.29, 1.82) is 0 Å². The normalized spacial score (nSPS) is 10.5. The lowest BCUT2D eigenvalue weighted by molar-refractivity contribution is 0.301. The van der Waals surface area contributed by atoms with E-state index in [1.807, 2.05) is 18.2 Å². The van der Waals surface area contributed by atoms with Crippen molar-refractivity contribution in [3.05, 3.63) is 63.7 Å². The van der Waals surface area contributed by atoms with E-state index in [0.717, 1.165) is 11.3 Å². The molecule has 0 fully saturated rings. The summed E-state index contributed by atoms with van der Waals surface area (Å²) in [5.74, 6) is 0.762. The summed E-state index contributed by atoms with van der Waals surface area (Å²) in [6.45, 7) is 5.16. The molecule has 0 aliphatic carbocycles. The van der Waals surface area contributed by atoms with Crippen LogP contribution in [0.4, 0.5) is 0 Å². The molecule has 2 nitrogen and oxygen atoms in total. The molecule has 0 aliphatic rings. The summed E-state index contributed by atoms with van der Waals surface area (Å²) in [5.41, 5.74) is 10.4. The van der Waals surface area contributed by atoms with Crippen LogP contribution in [0.5, 0.6) is 5.75 Å². The molecular weight excluding hydrogens is 258 g/mol. The van der Waals surface area contributed by atoms with Crippen molar-refractivity contribution in [3.63, 3.8) is 0 Å². The van der Waals surface area contributed by atoms with Gasteiger partial charge in [-0.05, 0) is 42.7 Å². The lowest BCUT2D eigenvalue weighted by atomic mass is 10.0. The van der Waals surface area contributed by atoms with Crippen molar-refractivity contribution in [2.75, 3.05) is 0 Å². The maximum Gasteiger partial charge on any atom is 0.125 e. The molecule has 2 aromatic carbocycles. The van der Waals surface area contributed by atoms with Gasteiger partial charge in [-0.3, -0.25) is 0 Å². The molecule has 100 valence electrons. The summed E-state index contributed by atoms with van der Waals surface area (Å²) >= 11 is 6.00. The van der Waals surface area contributed by atoms with Gasteiger partial charge in [0, 0.05) is 17.1 Å². The molecule has 0 unspecified atom stereocenters. The number of nitrogens with two attached hydrogens (primary N) is 1. The summed E-state index contributed by atoms with van der Waals surface area (Å²) in [4.78, 5) is 0. The topological polar surface area (TPSA) is 35.2 Å². The molecule has 0 saturated carbocycles. The third kappa shape index (κ3) is 3.28. The first-order valence-electron chi connectivity index (χ1n) is 6.28. The third-order valence-electron chi connectivity index (χ3n) is 3.27. The van der Waals surface area contributed by atoms with E-state index < -0.39 is 0 Å². The second kappa shape index (κ2) is 6.09. The molecule has 3 heteroatoms. The van der Waals surface area contributed by atoms with Gasteiger partial charge in [0.2, 0.25) is 0 Å².